The molecule has 0 atom stereocenters. The third kappa shape index (κ3) is 6.26. The molecular weight excluding hydrogens is 512 g/mol. The number of para-hydroxylation sites is 1. The van der Waals surface area contributed by atoms with Gasteiger partial charge in [-0.3, -0.25) is 19.3 Å². The van der Waals surface area contributed by atoms with Crippen LogP contribution in [0.2, 0.25) is 0 Å². The van der Waals surface area contributed by atoms with Crippen LogP contribution in [0.4, 0.5) is 5.69 Å². The molecule has 9 heteroatoms. The van der Waals surface area contributed by atoms with Gasteiger partial charge >= 0.3 is 0 Å². The van der Waals surface area contributed by atoms with Gasteiger partial charge in [0.1, 0.15) is 4.90 Å². The van der Waals surface area contributed by atoms with Crippen LogP contribution in [0.25, 0.3) is 10.9 Å². The number of carbonyl (C=O) groups is 2. The largest absolute Gasteiger partial charge is 0.341 e. The maximum absolute atomic E-state index is 13.2. The molecule has 1 fully saturated rings. The Balaban J connectivity index is 1.19. The van der Waals surface area contributed by atoms with Crippen molar-refractivity contribution < 1.29 is 18.0 Å². The van der Waals surface area contributed by atoms with E-state index in [2.05, 4.69) is 9.71 Å². The van der Waals surface area contributed by atoms with E-state index in [0.29, 0.717) is 62.2 Å². The Kier molecular flexibility index (Phi) is 7.88. The smallest absolute Gasteiger partial charge is 0.264 e. The minimum atomic E-state index is -3.88. The molecule has 0 bridgehead atoms. The number of hydrogen-bond donors (Lipinski definition) is 1. The molecule has 4 aromatic rings. The van der Waals surface area contributed by atoms with Crippen molar-refractivity contribution in [1.82, 2.24) is 14.8 Å². The lowest BCUT2D eigenvalue weighted by atomic mass is 10.1. The molecule has 1 aliphatic rings. The third-order valence-electron chi connectivity index (χ3n) is 6.88. The van der Waals surface area contributed by atoms with Gasteiger partial charge in [-0.05, 0) is 54.8 Å². The summed E-state index contributed by atoms with van der Waals surface area (Å²) in [6.07, 6.45) is 3.42. The Hall–Kier alpha value is -4.24. The van der Waals surface area contributed by atoms with Crippen molar-refractivity contribution in [2.75, 3.05) is 30.9 Å². The first-order chi connectivity index (χ1) is 18.9. The van der Waals surface area contributed by atoms with Gasteiger partial charge in [0.15, 0.2) is 0 Å². The molecule has 0 radical (unpaired) electrons. The topological polar surface area (TPSA) is 99.7 Å². The molecule has 1 aliphatic heterocycles. The summed E-state index contributed by atoms with van der Waals surface area (Å²) in [7, 11) is -3.88. The maximum Gasteiger partial charge on any atom is 0.264 e. The summed E-state index contributed by atoms with van der Waals surface area (Å²) in [5.41, 5.74) is 2.35. The number of hydrogen-bond acceptors (Lipinski definition) is 5. The van der Waals surface area contributed by atoms with Crippen molar-refractivity contribution in [2.45, 2.75) is 24.2 Å². The second kappa shape index (κ2) is 11.7. The Morgan fingerprint density at radius 1 is 0.795 bits per heavy atom. The number of nitrogens with zero attached hydrogens (tertiary/aromatic N) is 3. The van der Waals surface area contributed by atoms with Gasteiger partial charge in [-0.2, -0.15) is 0 Å². The highest BCUT2D eigenvalue weighted by atomic mass is 32.2. The van der Waals surface area contributed by atoms with E-state index in [0.717, 1.165) is 10.9 Å². The van der Waals surface area contributed by atoms with Gasteiger partial charge in [-0.1, -0.05) is 48.5 Å². The molecule has 200 valence electrons. The first kappa shape index (κ1) is 26.4. The summed E-state index contributed by atoms with van der Waals surface area (Å²) in [5.74, 6) is -0.0348. The van der Waals surface area contributed by atoms with E-state index in [4.69, 9.17) is 0 Å². The normalized spacial score (nSPS) is 14.2. The predicted octanol–water partition coefficient (Wildman–Crippen LogP) is 4.34. The number of anilines is 1. The lowest BCUT2D eigenvalue weighted by molar-refractivity contribution is -0.131. The van der Waals surface area contributed by atoms with Crippen LogP contribution in [0.15, 0.2) is 96.0 Å². The zero-order valence-electron chi connectivity index (χ0n) is 21.5. The van der Waals surface area contributed by atoms with Crippen LogP contribution >= 0.6 is 0 Å². The van der Waals surface area contributed by atoms with Crippen LogP contribution in [0.3, 0.4) is 0 Å². The predicted molar refractivity (Wildman–Crippen MR) is 151 cm³/mol. The van der Waals surface area contributed by atoms with E-state index in [-0.39, 0.29) is 16.7 Å². The van der Waals surface area contributed by atoms with E-state index >= 15 is 0 Å². The summed E-state index contributed by atoms with van der Waals surface area (Å²) in [5, 5.41) is 0.732. The van der Waals surface area contributed by atoms with Crippen LogP contribution in [0.5, 0.6) is 0 Å². The van der Waals surface area contributed by atoms with E-state index in [1.165, 1.54) is 6.07 Å². The van der Waals surface area contributed by atoms with Crippen LogP contribution in [-0.4, -0.2) is 61.2 Å². The average molecular weight is 543 g/mol. The molecule has 8 nitrogen and oxygen atoms in total. The van der Waals surface area contributed by atoms with E-state index in [1.54, 1.807) is 47.5 Å². The van der Waals surface area contributed by atoms with Crippen molar-refractivity contribution in [3.05, 3.63) is 102 Å². The van der Waals surface area contributed by atoms with Gasteiger partial charge in [-0.25, -0.2) is 8.42 Å². The van der Waals surface area contributed by atoms with Crippen LogP contribution in [0, 0.1) is 0 Å². The molecule has 1 saturated heterocycles. The summed E-state index contributed by atoms with van der Waals surface area (Å²) in [4.78, 5) is 33.9. The highest BCUT2D eigenvalue weighted by Gasteiger charge is 2.23. The minimum Gasteiger partial charge on any atom is -0.341 e. The molecule has 0 aliphatic carbocycles. The highest BCUT2D eigenvalue weighted by molar-refractivity contribution is 7.93. The number of nitrogens with one attached hydrogen (secondary N) is 1. The van der Waals surface area contributed by atoms with Gasteiger partial charge in [0.05, 0.1) is 5.52 Å². The van der Waals surface area contributed by atoms with Crippen molar-refractivity contribution in [1.29, 1.82) is 0 Å². The summed E-state index contributed by atoms with van der Waals surface area (Å²) < 4.78 is 28.7. The van der Waals surface area contributed by atoms with E-state index in [9.17, 15) is 18.0 Å². The van der Waals surface area contributed by atoms with Gasteiger partial charge in [-0.15, -0.1) is 0 Å². The maximum atomic E-state index is 13.2. The Labute approximate surface area is 228 Å². The molecule has 0 saturated carbocycles. The lowest BCUT2D eigenvalue weighted by Crippen LogP contribution is -2.37. The average Bonchev–Trinajstić information content (AvgIpc) is 3.22. The summed E-state index contributed by atoms with van der Waals surface area (Å²) >= 11 is 0. The summed E-state index contributed by atoms with van der Waals surface area (Å²) in [6, 6.07) is 24.9. The monoisotopic (exact) mass is 542 g/mol. The SMILES string of the molecule is O=C(CCc1ccccc1)N1CCCN(C(=O)c2ccc(NS(=O)(=O)c3cccc4cccnc34)cc2)CC1. The molecule has 1 aromatic heterocycles. The zero-order valence-corrected chi connectivity index (χ0v) is 22.3. The highest BCUT2D eigenvalue weighted by Crippen LogP contribution is 2.24. The first-order valence-electron chi connectivity index (χ1n) is 13.0. The number of carbonyl (C=O) groups excluding carboxylic acids is 2. The van der Waals surface area contributed by atoms with Gasteiger partial charge in [0, 0.05) is 55.4 Å². The number of fused-ring (bicyclic) bond motifs is 1. The van der Waals surface area contributed by atoms with E-state index in [1.807, 2.05) is 47.4 Å². The molecule has 39 heavy (non-hydrogen) atoms. The Morgan fingerprint density at radius 2 is 1.51 bits per heavy atom. The number of aromatic nitrogens is 1. The number of benzene rings is 3. The van der Waals surface area contributed by atoms with Crippen LogP contribution < -0.4 is 4.72 Å². The second-order valence-electron chi connectivity index (χ2n) is 9.53. The molecule has 0 spiro atoms. The molecule has 0 unspecified atom stereocenters. The fourth-order valence-electron chi connectivity index (χ4n) is 4.79. The van der Waals surface area contributed by atoms with Gasteiger partial charge in [0.2, 0.25) is 5.91 Å². The molecular formula is C30H30N4O4S. The van der Waals surface area contributed by atoms with Gasteiger partial charge < -0.3 is 9.80 Å². The second-order valence-corrected chi connectivity index (χ2v) is 11.2. The fourth-order valence-corrected chi connectivity index (χ4v) is 6.03. The van der Waals surface area contributed by atoms with Crippen LogP contribution in [-0.2, 0) is 21.2 Å². The molecule has 1 N–H and O–H groups in total. The lowest BCUT2D eigenvalue weighted by Gasteiger charge is -2.22. The molecule has 2 heterocycles. The zero-order chi connectivity index (χ0) is 27.2. The van der Waals surface area contributed by atoms with Crippen molar-refractivity contribution in [3.8, 4) is 0 Å². The fraction of sp³-hybridized carbons (Fsp3) is 0.233. The Bertz CT molecular complexity index is 1570. The quantitative estimate of drug-likeness (QED) is 0.375. The number of aryl methyl sites for hydroxylation is 1. The molecule has 3 aromatic carbocycles. The molecule has 5 rings (SSSR count). The summed E-state index contributed by atoms with van der Waals surface area (Å²) in [6.45, 7) is 2.14. The van der Waals surface area contributed by atoms with Gasteiger partial charge in [0.25, 0.3) is 15.9 Å². The molecule has 2 amide bonds. The Morgan fingerprint density at radius 3 is 2.31 bits per heavy atom. The third-order valence-corrected chi connectivity index (χ3v) is 8.29. The van der Waals surface area contributed by atoms with Crippen molar-refractivity contribution in [2.24, 2.45) is 0 Å². The number of rotatable bonds is 7. The standard InChI is InChI=1S/C30H30N4O4S/c35-28(17-12-23-7-2-1-3-8-23)33-19-6-20-34(22-21-33)30(36)25-13-15-26(16-14-25)32-39(37,38)27-11-4-9-24-10-5-18-31-29(24)27/h1-5,7-11,13-16,18,32H,6,12,17,19-22H2. The minimum absolute atomic E-state index is 0.0909. The van der Waals surface area contributed by atoms with Crippen LogP contribution in [0.1, 0.15) is 28.8 Å². The number of pyridine rings is 1. The van der Waals surface area contributed by atoms with E-state index < -0.39 is 10.0 Å². The van der Waals surface area contributed by atoms with Crippen molar-refractivity contribution >= 4 is 38.4 Å². The number of sulfonamides is 1. The number of amides is 2. The van der Waals surface area contributed by atoms with Crippen molar-refractivity contribution in [3.63, 3.8) is 0 Å². The first-order valence-corrected chi connectivity index (χ1v) is 14.5.